The highest BCUT2D eigenvalue weighted by Crippen LogP contribution is 2.22. The Bertz CT molecular complexity index is 465. The van der Waals surface area contributed by atoms with Gasteiger partial charge in [0, 0.05) is 51.4 Å². The predicted octanol–water partition coefficient (Wildman–Crippen LogP) is 0.970. The summed E-state index contributed by atoms with van der Waals surface area (Å²) in [6, 6.07) is 2.43. The van der Waals surface area contributed by atoms with Gasteiger partial charge in [0.2, 0.25) is 0 Å². The third-order valence-electron chi connectivity index (χ3n) is 4.90. The molecule has 2 aliphatic rings. The lowest BCUT2D eigenvalue weighted by molar-refractivity contribution is 0.114. The molecule has 3 heterocycles. The Morgan fingerprint density at radius 3 is 2.14 bits per heavy atom. The van der Waals surface area contributed by atoms with E-state index in [1.165, 1.54) is 12.8 Å². The standard InChI is InChI=1S/C16H27N5O/c1-2-14(12-22)19-7-9-21(10-8-19)16-11-15(17-13-18-16)20-5-3-4-6-20/h11,13-14,22H,2-10,12H2,1H3/t14-/m1/s1. The second kappa shape index (κ2) is 7.24. The van der Waals surface area contributed by atoms with Gasteiger partial charge in [-0.05, 0) is 19.3 Å². The molecule has 2 fully saturated rings. The van der Waals surface area contributed by atoms with Crippen LogP contribution in [0.5, 0.6) is 0 Å². The number of anilines is 2. The first kappa shape index (κ1) is 15.5. The SMILES string of the molecule is CC[C@H](CO)N1CCN(c2cc(N3CCCC3)ncn2)CC1. The summed E-state index contributed by atoms with van der Waals surface area (Å²) >= 11 is 0. The average molecular weight is 305 g/mol. The Balaban J connectivity index is 1.62. The van der Waals surface area contributed by atoms with Gasteiger partial charge in [-0.1, -0.05) is 6.92 Å². The van der Waals surface area contributed by atoms with Crippen LogP contribution >= 0.6 is 0 Å². The van der Waals surface area contributed by atoms with E-state index >= 15 is 0 Å². The minimum atomic E-state index is 0.253. The monoisotopic (exact) mass is 305 g/mol. The summed E-state index contributed by atoms with van der Waals surface area (Å²) in [4.78, 5) is 16.0. The first-order chi connectivity index (χ1) is 10.8. The van der Waals surface area contributed by atoms with E-state index in [1.807, 2.05) is 0 Å². The Labute approximate surface area is 132 Å². The van der Waals surface area contributed by atoms with Crippen molar-refractivity contribution in [3.05, 3.63) is 12.4 Å². The van der Waals surface area contributed by atoms with E-state index in [-0.39, 0.29) is 6.61 Å². The predicted molar refractivity (Wildman–Crippen MR) is 88.4 cm³/mol. The van der Waals surface area contributed by atoms with Crippen LogP contribution in [0.3, 0.4) is 0 Å². The molecule has 0 unspecified atom stereocenters. The summed E-state index contributed by atoms with van der Waals surface area (Å²) in [7, 11) is 0. The molecule has 2 aliphatic heterocycles. The van der Waals surface area contributed by atoms with Crippen molar-refractivity contribution in [3.8, 4) is 0 Å². The van der Waals surface area contributed by atoms with E-state index in [2.05, 4.69) is 37.7 Å². The van der Waals surface area contributed by atoms with Crippen LogP contribution in [0, 0.1) is 0 Å². The van der Waals surface area contributed by atoms with Gasteiger partial charge in [0.1, 0.15) is 18.0 Å². The van der Waals surface area contributed by atoms with Crippen LogP contribution in [-0.4, -0.2) is 71.9 Å². The number of nitrogens with zero attached hydrogens (tertiary/aromatic N) is 5. The first-order valence-corrected chi connectivity index (χ1v) is 8.48. The number of piperazine rings is 1. The molecular formula is C16H27N5O. The molecule has 6 nitrogen and oxygen atoms in total. The van der Waals surface area contributed by atoms with Crippen molar-refractivity contribution >= 4 is 11.6 Å². The average Bonchev–Trinajstić information content (AvgIpc) is 3.11. The van der Waals surface area contributed by atoms with Gasteiger partial charge < -0.3 is 14.9 Å². The molecule has 0 saturated carbocycles. The Hall–Kier alpha value is -1.40. The lowest BCUT2D eigenvalue weighted by Crippen LogP contribution is -2.51. The fourth-order valence-electron chi connectivity index (χ4n) is 3.45. The maximum absolute atomic E-state index is 9.44. The molecule has 1 aromatic heterocycles. The van der Waals surface area contributed by atoms with Crippen LogP contribution in [0.25, 0.3) is 0 Å². The summed E-state index contributed by atoms with van der Waals surface area (Å²) in [6.07, 6.45) is 5.22. The molecule has 122 valence electrons. The van der Waals surface area contributed by atoms with Crippen molar-refractivity contribution in [1.82, 2.24) is 14.9 Å². The first-order valence-electron chi connectivity index (χ1n) is 8.48. The van der Waals surface area contributed by atoms with Crippen LogP contribution in [0.15, 0.2) is 12.4 Å². The third kappa shape index (κ3) is 3.33. The van der Waals surface area contributed by atoms with Crippen molar-refractivity contribution in [2.24, 2.45) is 0 Å². The lowest BCUT2D eigenvalue weighted by Gasteiger charge is -2.39. The minimum Gasteiger partial charge on any atom is -0.395 e. The highest BCUT2D eigenvalue weighted by Gasteiger charge is 2.23. The number of hydrogen-bond acceptors (Lipinski definition) is 6. The molecule has 1 atom stereocenters. The molecule has 22 heavy (non-hydrogen) atoms. The zero-order valence-corrected chi connectivity index (χ0v) is 13.5. The zero-order chi connectivity index (χ0) is 15.4. The van der Waals surface area contributed by atoms with Crippen LogP contribution < -0.4 is 9.80 Å². The molecule has 3 rings (SSSR count). The van der Waals surface area contributed by atoms with Crippen LogP contribution in [0.2, 0.25) is 0 Å². The van der Waals surface area contributed by atoms with Crippen molar-refractivity contribution in [2.75, 3.05) is 55.7 Å². The van der Waals surface area contributed by atoms with Crippen molar-refractivity contribution in [2.45, 2.75) is 32.2 Å². The van der Waals surface area contributed by atoms with E-state index in [4.69, 9.17) is 0 Å². The van der Waals surface area contributed by atoms with Gasteiger partial charge in [-0.3, -0.25) is 4.90 Å². The fraction of sp³-hybridized carbons (Fsp3) is 0.750. The summed E-state index contributed by atoms with van der Waals surface area (Å²) in [5, 5.41) is 9.44. The fourth-order valence-corrected chi connectivity index (χ4v) is 3.45. The Kier molecular flexibility index (Phi) is 5.10. The van der Waals surface area contributed by atoms with Gasteiger partial charge in [-0.15, -0.1) is 0 Å². The van der Waals surface area contributed by atoms with Crippen LogP contribution in [0.1, 0.15) is 26.2 Å². The second-order valence-corrected chi connectivity index (χ2v) is 6.20. The molecule has 0 spiro atoms. The largest absolute Gasteiger partial charge is 0.395 e. The van der Waals surface area contributed by atoms with Crippen LogP contribution in [0.4, 0.5) is 11.6 Å². The van der Waals surface area contributed by atoms with Gasteiger partial charge in [0.05, 0.1) is 6.61 Å². The Morgan fingerprint density at radius 2 is 1.59 bits per heavy atom. The maximum Gasteiger partial charge on any atom is 0.134 e. The molecule has 0 amide bonds. The number of aromatic nitrogens is 2. The summed E-state index contributed by atoms with van der Waals surface area (Å²) in [5.41, 5.74) is 0. The van der Waals surface area contributed by atoms with Gasteiger partial charge in [0.15, 0.2) is 0 Å². The summed E-state index contributed by atoms with van der Waals surface area (Å²) in [6.45, 7) is 8.52. The van der Waals surface area contributed by atoms with E-state index < -0.39 is 0 Å². The molecule has 0 radical (unpaired) electrons. The molecule has 6 heteroatoms. The number of rotatable bonds is 5. The lowest BCUT2D eigenvalue weighted by atomic mass is 10.1. The second-order valence-electron chi connectivity index (χ2n) is 6.20. The van der Waals surface area contributed by atoms with E-state index in [9.17, 15) is 5.11 Å². The topological polar surface area (TPSA) is 55.7 Å². The number of aliphatic hydroxyl groups is 1. The highest BCUT2D eigenvalue weighted by molar-refractivity contribution is 5.50. The number of hydrogen-bond donors (Lipinski definition) is 1. The molecule has 1 N–H and O–H groups in total. The molecule has 2 saturated heterocycles. The minimum absolute atomic E-state index is 0.253. The third-order valence-corrected chi connectivity index (χ3v) is 4.90. The Morgan fingerprint density at radius 1 is 1.00 bits per heavy atom. The van der Waals surface area contributed by atoms with Gasteiger partial charge in [0.25, 0.3) is 0 Å². The van der Waals surface area contributed by atoms with Crippen molar-refractivity contribution < 1.29 is 5.11 Å². The van der Waals surface area contributed by atoms with Gasteiger partial charge in [-0.25, -0.2) is 9.97 Å². The normalized spacial score (nSPS) is 21.4. The van der Waals surface area contributed by atoms with Crippen molar-refractivity contribution in [3.63, 3.8) is 0 Å². The highest BCUT2D eigenvalue weighted by atomic mass is 16.3. The van der Waals surface area contributed by atoms with Crippen LogP contribution in [-0.2, 0) is 0 Å². The maximum atomic E-state index is 9.44. The van der Waals surface area contributed by atoms with Crippen molar-refractivity contribution in [1.29, 1.82) is 0 Å². The molecule has 0 aliphatic carbocycles. The molecule has 0 aromatic carbocycles. The van der Waals surface area contributed by atoms with E-state index in [0.29, 0.717) is 6.04 Å². The quantitative estimate of drug-likeness (QED) is 0.875. The number of aliphatic hydroxyl groups excluding tert-OH is 1. The van der Waals surface area contributed by atoms with E-state index in [0.717, 1.165) is 57.3 Å². The van der Waals surface area contributed by atoms with Gasteiger partial charge >= 0.3 is 0 Å². The molecule has 1 aromatic rings. The zero-order valence-electron chi connectivity index (χ0n) is 13.5. The summed E-state index contributed by atoms with van der Waals surface area (Å²) in [5.74, 6) is 2.10. The van der Waals surface area contributed by atoms with E-state index in [1.54, 1.807) is 6.33 Å². The summed E-state index contributed by atoms with van der Waals surface area (Å²) < 4.78 is 0. The molecule has 0 bridgehead atoms. The van der Waals surface area contributed by atoms with Gasteiger partial charge in [-0.2, -0.15) is 0 Å². The smallest absolute Gasteiger partial charge is 0.134 e. The molecular weight excluding hydrogens is 278 g/mol.